The van der Waals surface area contributed by atoms with Gasteiger partial charge in [-0.05, 0) is 30.5 Å². The highest BCUT2D eigenvalue weighted by Crippen LogP contribution is 2.28. The third-order valence-electron chi connectivity index (χ3n) is 3.75. The quantitative estimate of drug-likeness (QED) is 0.403. The van der Waals surface area contributed by atoms with Crippen LogP contribution in [-0.2, 0) is 9.53 Å². The molecule has 0 bridgehead atoms. The van der Waals surface area contributed by atoms with Gasteiger partial charge in [0.25, 0.3) is 5.91 Å². The largest absolute Gasteiger partial charge is 0.465 e. The zero-order chi connectivity index (χ0) is 19.6. The molecule has 0 fully saturated rings. The van der Waals surface area contributed by atoms with Crippen LogP contribution in [0.1, 0.15) is 15.9 Å². The summed E-state index contributed by atoms with van der Waals surface area (Å²) in [6.45, 7) is 0. The molecule has 2 heterocycles. The van der Waals surface area contributed by atoms with E-state index in [1.54, 1.807) is 6.20 Å². The maximum atomic E-state index is 12.6. The molecule has 8 nitrogen and oxygen atoms in total. The zero-order valence-corrected chi connectivity index (χ0v) is 15.9. The maximum absolute atomic E-state index is 12.6. The highest BCUT2D eigenvalue weighted by atomic mass is 35.5. The minimum absolute atomic E-state index is 0.0579. The maximum Gasteiger partial charge on any atom is 0.337 e. The van der Waals surface area contributed by atoms with E-state index in [0.717, 1.165) is 0 Å². The SMILES string of the molecule is COC(=O)c1ccc(Cl)c(NC(=O)C2=Cc3cnc(SC)nc3NC2O)c1. The van der Waals surface area contributed by atoms with Crippen molar-refractivity contribution in [3.63, 3.8) is 0 Å². The second kappa shape index (κ2) is 7.95. The average Bonchev–Trinajstić information content (AvgIpc) is 2.67. The lowest BCUT2D eigenvalue weighted by Gasteiger charge is -2.23. The van der Waals surface area contributed by atoms with Crippen molar-refractivity contribution in [3.05, 3.63) is 46.1 Å². The van der Waals surface area contributed by atoms with Gasteiger partial charge in [0, 0.05) is 11.8 Å². The number of nitrogens with one attached hydrogen (secondary N) is 2. The standard InChI is InChI=1S/C17H15ClN4O4S/c1-26-16(25)8-3-4-11(18)12(6-8)20-14(23)10-5-9-7-19-17(27-2)22-13(9)21-15(10)24/h3-7,15,24H,1-2H3,(H,20,23)(H,19,21,22). The van der Waals surface area contributed by atoms with E-state index < -0.39 is 18.1 Å². The molecule has 10 heteroatoms. The Morgan fingerprint density at radius 1 is 1.41 bits per heavy atom. The van der Waals surface area contributed by atoms with Crippen molar-refractivity contribution >= 4 is 52.8 Å². The summed E-state index contributed by atoms with van der Waals surface area (Å²) in [6.07, 6.45) is 3.63. The molecule has 1 aliphatic rings. The van der Waals surface area contributed by atoms with Gasteiger partial charge in [0.15, 0.2) is 11.4 Å². The molecule has 1 aromatic carbocycles. The molecule has 3 N–H and O–H groups in total. The lowest BCUT2D eigenvalue weighted by atomic mass is 10.1. The van der Waals surface area contributed by atoms with Gasteiger partial charge in [-0.25, -0.2) is 14.8 Å². The Bertz CT molecular complexity index is 951. The van der Waals surface area contributed by atoms with Gasteiger partial charge in [-0.15, -0.1) is 0 Å². The van der Waals surface area contributed by atoms with Crippen LogP contribution in [0.3, 0.4) is 0 Å². The minimum Gasteiger partial charge on any atom is -0.465 e. The molecule has 0 aliphatic carbocycles. The summed E-state index contributed by atoms with van der Waals surface area (Å²) >= 11 is 7.45. The van der Waals surface area contributed by atoms with Crippen LogP contribution in [0.25, 0.3) is 6.08 Å². The molecule has 1 amide bonds. The van der Waals surface area contributed by atoms with Gasteiger partial charge in [0.05, 0.1) is 29.0 Å². The molecular formula is C17H15ClN4O4S. The first-order valence-corrected chi connectivity index (χ1v) is 9.29. The third kappa shape index (κ3) is 4.05. The van der Waals surface area contributed by atoms with Crippen LogP contribution in [0.4, 0.5) is 11.5 Å². The number of halogens is 1. The number of methoxy groups -OCH3 is 1. The van der Waals surface area contributed by atoms with E-state index in [0.29, 0.717) is 16.5 Å². The van der Waals surface area contributed by atoms with Gasteiger partial charge < -0.3 is 20.5 Å². The van der Waals surface area contributed by atoms with Crippen LogP contribution < -0.4 is 10.6 Å². The van der Waals surface area contributed by atoms with Crippen LogP contribution in [0, 0.1) is 0 Å². The van der Waals surface area contributed by atoms with Crippen molar-refractivity contribution in [1.82, 2.24) is 9.97 Å². The zero-order valence-electron chi connectivity index (χ0n) is 14.3. The number of nitrogens with zero attached hydrogens (tertiary/aromatic N) is 2. The number of hydrogen-bond acceptors (Lipinski definition) is 8. The van der Waals surface area contributed by atoms with Crippen molar-refractivity contribution in [3.8, 4) is 0 Å². The van der Waals surface area contributed by atoms with Crippen LogP contribution in [0.5, 0.6) is 0 Å². The van der Waals surface area contributed by atoms with Crippen LogP contribution in [-0.4, -0.2) is 46.5 Å². The fourth-order valence-corrected chi connectivity index (χ4v) is 2.90. The lowest BCUT2D eigenvalue weighted by molar-refractivity contribution is -0.113. The number of aliphatic hydroxyl groups excluding tert-OH is 1. The summed E-state index contributed by atoms with van der Waals surface area (Å²) in [5, 5.41) is 16.4. The Morgan fingerprint density at radius 2 is 2.19 bits per heavy atom. The number of benzene rings is 1. The Kier molecular flexibility index (Phi) is 5.64. The molecule has 27 heavy (non-hydrogen) atoms. The smallest absolute Gasteiger partial charge is 0.337 e. The van der Waals surface area contributed by atoms with E-state index in [1.807, 2.05) is 6.26 Å². The van der Waals surface area contributed by atoms with Gasteiger partial charge in [-0.2, -0.15) is 0 Å². The van der Waals surface area contributed by atoms with Gasteiger partial charge in [0.1, 0.15) is 5.82 Å². The fourth-order valence-electron chi connectivity index (χ4n) is 2.40. The van der Waals surface area contributed by atoms with Gasteiger partial charge in [-0.3, -0.25) is 4.79 Å². The van der Waals surface area contributed by atoms with Gasteiger partial charge in [0.2, 0.25) is 0 Å². The van der Waals surface area contributed by atoms with E-state index in [2.05, 4.69) is 25.3 Å². The number of thioether (sulfide) groups is 1. The second-order valence-corrected chi connectivity index (χ2v) is 6.63. The van der Waals surface area contributed by atoms with E-state index >= 15 is 0 Å². The number of carbonyl (C=O) groups is 2. The molecule has 140 valence electrons. The first-order chi connectivity index (χ1) is 12.9. The molecular weight excluding hydrogens is 392 g/mol. The summed E-state index contributed by atoms with van der Waals surface area (Å²) in [7, 11) is 1.26. The number of carbonyl (C=O) groups excluding carboxylic acids is 2. The normalized spacial score (nSPS) is 15.3. The summed E-state index contributed by atoms with van der Waals surface area (Å²) in [4.78, 5) is 32.7. The predicted octanol–water partition coefficient (Wildman–Crippen LogP) is 2.40. The number of ether oxygens (including phenoxy) is 1. The first-order valence-electron chi connectivity index (χ1n) is 7.69. The lowest BCUT2D eigenvalue weighted by Crippen LogP contribution is -2.32. The van der Waals surface area contributed by atoms with Gasteiger partial charge in [-0.1, -0.05) is 23.4 Å². The van der Waals surface area contributed by atoms with Crippen molar-refractivity contribution in [2.45, 2.75) is 11.4 Å². The monoisotopic (exact) mass is 406 g/mol. The average molecular weight is 407 g/mol. The van der Waals surface area contributed by atoms with Crippen molar-refractivity contribution in [2.24, 2.45) is 0 Å². The second-order valence-electron chi connectivity index (χ2n) is 5.45. The molecule has 0 radical (unpaired) electrons. The number of aliphatic hydroxyl groups is 1. The topological polar surface area (TPSA) is 113 Å². The number of fused-ring (bicyclic) bond motifs is 1. The summed E-state index contributed by atoms with van der Waals surface area (Å²) in [5.41, 5.74) is 1.08. The number of amides is 1. The summed E-state index contributed by atoms with van der Waals surface area (Å²) in [5.74, 6) is -0.709. The molecule has 2 aromatic rings. The molecule has 0 spiro atoms. The Morgan fingerprint density at radius 3 is 2.89 bits per heavy atom. The van der Waals surface area contributed by atoms with E-state index in [-0.39, 0.29) is 21.8 Å². The molecule has 1 unspecified atom stereocenters. The van der Waals surface area contributed by atoms with Crippen LogP contribution in [0.15, 0.2) is 35.1 Å². The van der Waals surface area contributed by atoms with Crippen molar-refractivity contribution in [2.75, 3.05) is 24.0 Å². The summed E-state index contributed by atoms with van der Waals surface area (Å²) in [6, 6.07) is 4.36. The molecule has 1 atom stereocenters. The highest BCUT2D eigenvalue weighted by molar-refractivity contribution is 7.98. The van der Waals surface area contributed by atoms with Crippen LogP contribution in [0.2, 0.25) is 5.02 Å². The van der Waals surface area contributed by atoms with Crippen LogP contribution >= 0.6 is 23.4 Å². The highest BCUT2D eigenvalue weighted by Gasteiger charge is 2.26. The fraction of sp³-hybridized carbons (Fsp3) is 0.176. The number of anilines is 2. The van der Waals surface area contributed by atoms with Crippen molar-refractivity contribution in [1.29, 1.82) is 0 Å². The third-order valence-corrected chi connectivity index (χ3v) is 4.65. The van der Waals surface area contributed by atoms with E-state index in [9.17, 15) is 14.7 Å². The number of rotatable bonds is 4. The Balaban J connectivity index is 1.87. The molecule has 1 aliphatic heterocycles. The minimum atomic E-state index is -1.26. The van der Waals surface area contributed by atoms with Crippen molar-refractivity contribution < 1.29 is 19.4 Å². The Hall–Kier alpha value is -2.62. The number of hydrogen-bond donors (Lipinski definition) is 3. The number of aromatic nitrogens is 2. The van der Waals surface area contributed by atoms with E-state index in [4.69, 9.17) is 11.6 Å². The molecule has 0 saturated carbocycles. The van der Waals surface area contributed by atoms with Gasteiger partial charge >= 0.3 is 5.97 Å². The Labute approximate surface area is 164 Å². The summed E-state index contributed by atoms with van der Waals surface area (Å²) < 4.78 is 4.66. The first kappa shape index (κ1) is 19.2. The predicted molar refractivity (Wildman–Crippen MR) is 103 cm³/mol. The molecule has 1 aromatic heterocycles. The van der Waals surface area contributed by atoms with E-state index in [1.165, 1.54) is 43.1 Å². The molecule has 0 saturated heterocycles. The molecule has 3 rings (SSSR count). The number of esters is 1.